The zero-order valence-corrected chi connectivity index (χ0v) is 4.65. The second-order valence-corrected chi connectivity index (χ2v) is 1.63. The van der Waals surface area contributed by atoms with E-state index in [1.54, 1.807) is 0 Å². The van der Waals surface area contributed by atoms with Crippen molar-refractivity contribution in [1.29, 1.82) is 0 Å². The molecule has 0 rings (SSSR count). The molecule has 0 saturated heterocycles. The Balaban J connectivity index is 2.99. The van der Waals surface area contributed by atoms with Crippen LogP contribution >= 0.6 is 0 Å². The van der Waals surface area contributed by atoms with Crippen molar-refractivity contribution in [3.05, 3.63) is 13.0 Å². The van der Waals surface area contributed by atoms with Gasteiger partial charge >= 0.3 is 0 Å². The van der Waals surface area contributed by atoms with Crippen molar-refractivity contribution in [2.24, 2.45) is 0 Å². The summed E-state index contributed by atoms with van der Waals surface area (Å²) in [6.45, 7) is 5.65. The summed E-state index contributed by atoms with van der Waals surface area (Å²) >= 11 is 0. The van der Waals surface area contributed by atoms with Gasteiger partial charge in [0.2, 0.25) is 0 Å². The highest BCUT2D eigenvalue weighted by Gasteiger charge is 1.91. The Morgan fingerprint density at radius 3 is 1.67 bits per heavy atom. The first kappa shape index (κ1) is 5.96. The molecule has 0 bridgehead atoms. The molecule has 0 unspecified atom stereocenters. The highest BCUT2D eigenvalue weighted by atomic mass is 15.1. The third kappa shape index (κ3) is 2.21. The van der Waals surface area contributed by atoms with Crippen LogP contribution in [0.3, 0.4) is 0 Å². The predicted molar refractivity (Wildman–Crippen MR) is 28.0 cm³/mol. The molecule has 1 nitrogen and oxygen atoms in total. The highest BCUT2D eigenvalue weighted by Crippen LogP contribution is 1.94. The van der Waals surface area contributed by atoms with Crippen LogP contribution in [0.4, 0.5) is 0 Å². The van der Waals surface area contributed by atoms with E-state index in [-0.39, 0.29) is 0 Å². The molecule has 0 N–H and O–H groups in total. The van der Waals surface area contributed by atoms with Gasteiger partial charge in [0.15, 0.2) is 0 Å². The molecule has 36 valence electrons. The Morgan fingerprint density at radius 1 is 1.50 bits per heavy atom. The van der Waals surface area contributed by atoms with E-state index in [1.807, 2.05) is 25.9 Å². The molecule has 0 aromatic carbocycles. The van der Waals surface area contributed by atoms with Crippen LogP contribution in [0, 0.1) is 13.0 Å². The zero-order valence-electron chi connectivity index (χ0n) is 4.65. The average molecular weight is 85.1 g/mol. The predicted octanol–water partition coefficient (Wildman–Crippen LogP) is 0.934. The summed E-state index contributed by atoms with van der Waals surface area (Å²) in [6, 6.07) is 1.09. The Bertz CT molecular complexity index is 24.9. The van der Waals surface area contributed by atoms with Gasteiger partial charge in [0.25, 0.3) is 0 Å². The molecule has 0 atom stereocenters. The number of rotatable bonds is 1. The van der Waals surface area contributed by atoms with Gasteiger partial charge in [-0.3, -0.25) is 0 Å². The summed E-state index contributed by atoms with van der Waals surface area (Å²) in [5.41, 5.74) is 0. The molecule has 0 spiro atoms. The topological polar surface area (TPSA) is 3.24 Å². The van der Waals surface area contributed by atoms with E-state index in [4.69, 9.17) is 0 Å². The fourth-order valence-electron chi connectivity index (χ4n) is 0. The molecular weight excluding hydrogens is 74.1 g/mol. The monoisotopic (exact) mass is 85.1 g/mol. The number of hydrogen-bond donors (Lipinski definition) is 0. The first-order valence-corrected chi connectivity index (χ1v) is 1.97. The summed E-state index contributed by atoms with van der Waals surface area (Å²) in [7, 11) is 3.95. The van der Waals surface area contributed by atoms with Gasteiger partial charge in [-0.15, -0.1) is 0 Å². The van der Waals surface area contributed by atoms with Crippen molar-refractivity contribution in [1.82, 2.24) is 4.90 Å². The van der Waals surface area contributed by atoms with Gasteiger partial charge in [-0.25, -0.2) is 0 Å². The SMILES string of the molecule is [CH2][C](C)N(C)C. The number of nitrogens with zero attached hydrogens (tertiary/aromatic N) is 1. The quantitative estimate of drug-likeness (QED) is 0.458. The molecule has 0 aliphatic carbocycles. The zero-order chi connectivity index (χ0) is 5.15. The van der Waals surface area contributed by atoms with E-state index in [0.717, 1.165) is 6.04 Å². The lowest BCUT2D eigenvalue weighted by atomic mass is 10.4. The van der Waals surface area contributed by atoms with Crippen molar-refractivity contribution in [2.45, 2.75) is 6.92 Å². The van der Waals surface area contributed by atoms with Crippen LogP contribution in [0.1, 0.15) is 6.92 Å². The molecule has 1 heteroatoms. The Kier molecular flexibility index (Phi) is 2.18. The van der Waals surface area contributed by atoms with Crippen molar-refractivity contribution in [3.63, 3.8) is 0 Å². The number of hydrogen-bond acceptors (Lipinski definition) is 1. The molecule has 0 fully saturated rings. The fraction of sp³-hybridized carbons (Fsp3) is 0.600. The summed E-state index contributed by atoms with van der Waals surface area (Å²) in [5, 5.41) is 0. The second kappa shape index (κ2) is 2.19. The van der Waals surface area contributed by atoms with E-state index in [9.17, 15) is 0 Å². The lowest BCUT2D eigenvalue weighted by molar-refractivity contribution is 0.455. The molecule has 0 aromatic rings. The van der Waals surface area contributed by atoms with Gasteiger partial charge < -0.3 is 4.90 Å². The van der Waals surface area contributed by atoms with E-state index in [0.29, 0.717) is 0 Å². The van der Waals surface area contributed by atoms with Gasteiger partial charge in [0.1, 0.15) is 0 Å². The van der Waals surface area contributed by atoms with Gasteiger partial charge in [0.05, 0.1) is 0 Å². The lowest BCUT2D eigenvalue weighted by Gasteiger charge is -2.11. The van der Waals surface area contributed by atoms with Crippen molar-refractivity contribution >= 4 is 0 Å². The van der Waals surface area contributed by atoms with Gasteiger partial charge in [-0.1, -0.05) is 0 Å². The third-order valence-corrected chi connectivity index (χ3v) is 0.763. The van der Waals surface area contributed by atoms with Gasteiger partial charge in [-0.2, -0.15) is 0 Å². The molecule has 0 aromatic heterocycles. The first-order valence-electron chi connectivity index (χ1n) is 1.97. The van der Waals surface area contributed by atoms with Gasteiger partial charge in [-0.05, 0) is 27.9 Å². The average Bonchev–Trinajstić information content (AvgIpc) is 1.36. The molecule has 0 amide bonds. The van der Waals surface area contributed by atoms with Crippen LogP contribution < -0.4 is 0 Å². The minimum Gasteiger partial charge on any atom is -0.302 e. The van der Waals surface area contributed by atoms with E-state index < -0.39 is 0 Å². The van der Waals surface area contributed by atoms with Gasteiger partial charge in [0, 0.05) is 6.04 Å². The van der Waals surface area contributed by atoms with E-state index >= 15 is 0 Å². The summed E-state index contributed by atoms with van der Waals surface area (Å²) in [6.07, 6.45) is 0. The standard InChI is InChI=1S/C5H11N/c1-5(2)6(3)4/h1H2,2-4H3. The first-order chi connectivity index (χ1) is 2.64. The maximum atomic E-state index is 3.68. The van der Waals surface area contributed by atoms with E-state index in [1.165, 1.54) is 0 Å². The molecule has 0 heterocycles. The minimum atomic E-state index is 1.09. The van der Waals surface area contributed by atoms with Crippen LogP contribution in [-0.4, -0.2) is 19.0 Å². The summed E-state index contributed by atoms with van der Waals surface area (Å²) in [4.78, 5) is 1.97. The van der Waals surface area contributed by atoms with E-state index in [2.05, 4.69) is 6.92 Å². The Labute approximate surface area is 40.0 Å². The maximum absolute atomic E-state index is 3.68. The van der Waals surface area contributed by atoms with Crippen LogP contribution in [0.2, 0.25) is 0 Å². The molecule has 0 aliphatic heterocycles. The second-order valence-electron chi connectivity index (χ2n) is 1.63. The summed E-state index contributed by atoms with van der Waals surface area (Å²) in [5.74, 6) is 0. The molecule has 6 heavy (non-hydrogen) atoms. The van der Waals surface area contributed by atoms with Crippen LogP contribution in [0.5, 0.6) is 0 Å². The maximum Gasteiger partial charge on any atom is 0.0356 e. The molecular formula is C5H11N. The van der Waals surface area contributed by atoms with Crippen LogP contribution in [0.25, 0.3) is 0 Å². The van der Waals surface area contributed by atoms with Crippen molar-refractivity contribution < 1.29 is 0 Å². The van der Waals surface area contributed by atoms with Crippen LogP contribution in [-0.2, 0) is 0 Å². The van der Waals surface area contributed by atoms with Crippen LogP contribution in [0.15, 0.2) is 0 Å². The highest BCUT2D eigenvalue weighted by molar-refractivity contribution is 4.81. The lowest BCUT2D eigenvalue weighted by Crippen LogP contribution is -2.12. The van der Waals surface area contributed by atoms with Crippen molar-refractivity contribution in [3.8, 4) is 0 Å². The fourth-order valence-corrected chi connectivity index (χ4v) is 0. The Morgan fingerprint density at radius 2 is 1.67 bits per heavy atom. The minimum absolute atomic E-state index is 1.09. The Hall–Kier alpha value is -0.0400. The molecule has 0 aliphatic rings. The molecule has 2 radical (unpaired) electrons. The summed E-state index contributed by atoms with van der Waals surface area (Å²) < 4.78 is 0. The largest absolute Gasteiger partial charge is 0.302 e. The normalized spacial score (nSPS) is 11.0. The smallest absolute Gasteiger partial charge is 0.0356 e. The van der Waals surface area contributed by atoms with Crippen molar-refractivity contribution in [2.75, 3.05) is 14.1 Å². The molecule has 0 saturated carbocycles. The third-order valence-electron chi connectivity index (χ3n) is 0.763.